The minimum atomic E-state index is -0.760. The van der Waals surface area contributed by atoms with Gasteiger partial charge in [0.2, 0.25) is 17.7 Å². The summed E-state index contributed by atoms with van der Waals surface area (Å²) in [5, 5.41) is 23.3. The van der Waals surface area contributed by atoms with Gasteiger partial charge in [-0.1, -0.05) is 41.9 Å². The summed E-state index contributed by atoms with van der Waals surface area (Å²) in [4.78, 5) is 39.9. The Balaban J connectivity index is 1.08. The van der Waals surface area contributed by atoms with Crippen molar-refractivity contribution >= 4 is 34.6 Å². The molecule has 3 aliphatic rings. The van der Waals surface area contributed by atoms with Crippen LogP contribution in [0.2, 0.25) is 5.02 Å². The maximum atomic E-state index is 11.6. The number of ether oxygens (including phenoxy) is 1. The quantitative estimate of drug-likeness (QED) is 0.148. The highest BCUT2D eigenvalue weighted by molar-refractivity contribution is 6.36. The highest BCUT2D eigenvalue weighted by Crippen LogP contribution is 2.45. The summed E-state index contributed by atoms with van der Waals surface area (Å²) in [6.07, 6.45) is 7.87. The number of carbonyl (C=O) groups excluding carboxylic acids is 1. The second-order valence-electron chi connectivity index (χ2n) is 14.2. The predicted molar refractivity (Wildman–Crippen MR) is 199 cm³/mol. The summed E-state index contributed by atoms with van der Waals surface area (Å²) < 4.78 is 12.0. The van der Waals surface area contributed by atoms with Crippen LogP contribution < -0.4 is 10.1 Å². The zero-order valence-corrected chi connectivity index (χ0v) is 30.4. The molecule has 3 aromatic carbocycles. The number of aryl methyl sites for hydroxylation is 1. The van der Waals surface area contributed by atoms with Gasteiger partial charge in [-0.05, 0) is 92.8 Å². The Morgan fingerprint density at radius 3 is 2.64 bits per heavy atom. The van der Waals surface area contributed by atoms with Crippen LogP contribution in [0.3, 0.4) is 0 Å². The first-order valence-corrected chi connectivity index (χ1v) is 18.5. The molecular formula is C41H39ClN6O5. The molecular weight excluding hydrogens is 692 g/mol. The number of hydrogen-bond acceptors (Lipinski definition) is 9. The molecule has 0 unspecified atom stereocenters. The smallest absolute Gasteiger partial charge is 0.307 e. The van der Waals surface area contributed by atoms with Gasteiger partial charge in [0.1, 0.15) is 22.8 Å². The van der Waals surface area contributed by atoms with E-state index in [4.69, 9.17) is 35.7 Å². The molecule has 0 radical (unpaired) electrons. The van der Waals surface area contributed by atoms with Gasteiger partial charge in [-0.15, -0.1) is 0 Å². The lowest BCUT2D eigenvalue weighted by Gasteiger charge is -2.24. The van der Waals surface area contributed by atoms with Crippen molar-refractivity contribution in [3.63, 3.8) is 0 Å². The Morgan fingerprint density at radius 1 is 1.11 bits per heavy atom. The summed E-state index contributed by atoms with van der Waals surface area (Å²) in [6.45, 7) is 3.24. The summed E-state index contributed by atoms with van der Waals surface area (Å²) in [6, 6.07) is 16.4. The lowest BCUT2D eigenvalue weighted by molar-refractivity contribution is -0.141. The third kappa shape index (κ3) is 6.40. The molecule has 11 nitrogen and oxygen atoms in total. The van der Waals surface area contributed by atoms with Gasteiger partial charge in [0, 0.05) is 36.2 Å². The second-order valence-corrected chi connectivity index (χ2v) is 14.6. The summed E-state index contributed by atoms with van der Waals surface area (Å²) in [5.41, 5.74) is 9.12. The van der Waals surface area contributed by atoms with Crippen LogP contribution in [0.1, 0.15) is 72.5 Å². The summed E-state index contributed by atoms with van der Waals surface area (Å²) in [7, 11) is 1.60. The van der Waals surface area contributed by atoms with Crippen LogP contribution in [0.15, 0.2) is 53.1 Å². The van der Waals surface area contributed by atoms with E-state index in [2.05, 4.69) is 16.3 Å². The molecule has 2 aromatic heterocycles. The maximum Gasteiger partial charge on any atom is 0.307 e. The zero-order valence-electron chi connectivity index (χ0n) is 29.6. The molecule has 12 heteroatoms. The number of nitrogens with one attached hydrogen (secondary N) is 1. The molecule has 0 saturated carbocycles. The largest absolute Gasteiger partial charge is 0.481 e. The van der Waals surface area contributed by atoms with E-state index in [1.54, 1.807) is 13.3 Å². The van der Waals surface area contributed by atoms with Crippen molar-refractivity contribution in [3.8, 4) is 45.8 Å². The second kappa shape index (κ2) is 14.3. The molecule has 2 aliphatic heterocycles. The molecule has 8 rings (SSSR count). The van der Waals surface area contributed by atoms with Crippen molar-refractivity contribution in [2.75, 3.05) is 20.2 Å². The van der Waals surface area contributed by atoms with Crippen LogP contribution in [0.5, 0.6) is 5.88 Å². The number of carboxylic acid groups (broad SMARTS) is 1. The molecule has 53 heavy (non-hydrogen) atoms. The van der Waals surface area contributed by atoms with Gasteiger partial charge in [-0.3, -0.25) is 19.5 Å². The molecule has 5 aromatic rings. The molecule has 0 spiro atoms. The SMILES string of the molecule is COc1nc(-c2cccc(-c3cccc(-c4nc5cc6c(c(C#N)c5o4)CC[C@H]6N4CC[C@@H](C(=O)O)C4)c3Cl)c2C)cnc1CCC[C@@H]1CCC(=O)N1. The number of fused-ring (bicyclic) bond motifs is 2. The Labute approximate surface area is 312 Å². The lowest BCUT2D eigenvalue weighted by Crippen LogP contribution is -2.26. The molecule has 2 N–H and O–H groups in total. The van der Waals surface area contributed by atoms with Crippen molar-refractivity contribution in [2.45, 2.75) is 70.4 Å². The van der Waals surface area contributed by atoms with Gasteiger partial charge in [-0.2, -0.15) is 5.26 Å². The minimum Gasteiger partial charge on any atom is -0.481 e. The Bertz CT molecular complexity index is 2310. The number of benzene rings is 3. The van der Waals surface area contributed by atoms with Crippen molar-refractivity contribution in [1.29, 1.82) is 5.26 Å². The van der Waals surface area contributed by atoms with Crippen LogP contribution in [-0.2, 0) is 22.4 Å². The Kier molecular flexibility index (Phi) is 9.35. The number of nitrogens with zero attached hydrogens (tertiary/aromatic N) is 5. The average Bonchev–Trinajstić information content (AvgIpc) is 3.98. The summed E-state index contributed by atoms with van der Waals surface area (Å²) >= 11 is 7.18. The number of halogens is 1. The van der Waals surface area contributed by atoms with Crippen molar-refractivity contribution in [3.05, 3.63) is 81.6 Å². The van der Waals surface area contributed by atoms with E-state index in [1.165, 1.54) is 0 Å². The van der Waals surface area contributed by atoms with E-state index in [-0.39, 0.29) is 23.9 Å². The fraction of sp³-hybridized carbons (Fsp3) is 0.366. The van der Waals surface area contributed by atoms with E-state index in [1.807, 2.05) is 49.4 Å². The standard InChI is InChI=1S/C41H39ClN6O5/c1-22-25(7-4-8-26(22)34-20-44-32(40(47-34)52-2)11-3-6-24-12-15-36(49)45-24)28-9-5-10-29(37(28)42)39-46-33-18-30-27(31(19-43)38(33)53-39)13-14-35(30)48-17-16-23(21-48)41(50)51/h4-5,7-10,18,20,23-24,35H,3,6,11-17,21H2,1-2H3,(H,45,49)(H,50,51)/t23-,24-,35-/m1/s1. The lowest BCUT2D eigenvalue weighted by atomic mass is 9.94. The first kappa shape index (κ1) is 34.8. The van der Waals surface area contributed by atoms with Crippen LogP contribution in [0, 0.1) is 24.2 Å². The number of rotatable bonds is 10. The number of carbonyl (C=O) groups is 2. The minimum absolute atomic E-state index is 0.0428. The predicted octanol–water partition coefficient (Wildman–Crippen LogP) is 7.46. The Hall–Kier alpha value is -5.31. The average molecular weight is 731 g/mol. The number of aliphatic carboxylic acids is 1. The van der Waals surface area contributed by atoms with E-state index in [0.717, 1.165) is 71.2 Å². The van der Waals surface area contributed by atoms with Gasteiger partial charge in [-0.25, -0.2) is 9.97 Å². The van der Waals surface area contributed by atoms with Crippen LogP contribution in [-0.4, -0.2) is 63.1 Å². The molecule has 270 valence electrons. The zero-order chi connectivity index (χ0) is 36.8. The van der Waals surface area contributed by atoms with E-state index >= 15 is 0 Å². The third-order valence-corrected chi connectivity index (χ3v) is 11.6. The molecule has 1 aliphatic carbocycles. The Morgan fingerprint density at radius 2 is 1.91 bits per heavy atom. The first-order chi connectivity index (χ1) is 25.7. The number of oxazole rings is 1. The highest BCUT2D eigenvalue weighted by Gasteiger charge is 2.37. The molecule has 0 bridgehead atoms. The van der Waals surface area contributed by atoms with E-state index in [0.29, 0.717) is 77.1 Å². The number of hydrogen-bond donors (Lipinski definition) is 2. The molecule has 2 fully saturated rings. The van der Waals surface area contributed by atoms with Crippen LogP contribution in [0.4, 0.5) is 0 Å². The topological polar surface area (TPSA) is 154 Å². The number of amides is 1. The third-order valence-electron chi connectivity index (χ3n) is 11.2. The molecule has 2 saturated heterocycles. The van der Waals surface area contributed by atoms with Gasteiger partial charge in [0.25, 0.3) is 0 Å². The fourth-order valence-electron chi connectivity index (χ4n) is 8.39. The van der Waals surface area contributed by atoms with Crippen molar-refractivity contribution < 1.29 is 23.8 Å². The van der Waals surface area contributed by atoms with Gasteiger partial charge >= 0.3 is 5.97 Å². The number of nitriles is 1. The summed E-state index contributed by atoms with van der Waals surface area (Å²) in [5.74, 6) is -0.203. The molecule has 4 heterocycles. The first-order valence-electron chi connectivity index (χ1n) is 18.2. The highest BCUT2D eigenvalue weighted by atomic mass is 35.5. The number of likely N-dealkylation sites (tertiary alicyclic amines) is 1. The molecule has 1 amide bonds. The van der Waals surface area contributed by atoms with E-state index < -0.39 is 5.97 Å². The van der Waals surface area contributed by atoms with Gasteiger partial charge < -0.3 is 19.6 Å². The van der Waals surface area contributed by atoms with Crippen molar-refractivity contribution in [1.82, 2.24) is 25.2 Å². The number of aromatic nitrogens is 3. The van der Waals surface area contributed by atoms with Crippen molar-refractivity contribution in [2.24, 2.45) is 5.92 Å². The van der Waals surface area contributed by atoms with Crippen LogP contribution >= 0.6 is 11.6 Å². The van der Waals surface area contributed by atoms with Gasteiger partial charge in [0.15, 0.2) is 5.58 Å². The normalized spacial score (nSPS) is 19.7. The monoisotopic (exact) mass is 730 g/mol. The van der Waals surface area contributed by atoms with Crippen LogP contribution in [0.25, 0.3) is 44.9 Å². The fourth-order valence-corrected chi connectivity index (χ4v) is 8.70. The number of carboxylic acids is 1. The molecule has 3 atom stereocenters. The van der Waals surface area contributed by atoms with E-state index in [9.17, 15) is 20.0 Å². The van der Waals surface area contributed by atoms with Gasteiger partial charge in [0.05, 0.1) is 35.5 Å². The number of methoxy groups -OCH3 is 1. The maximum absolute atomic E-state index is 11.6.